The molecule has 0 atom stereocenters. The van der Waals surface area contributed by atoms with Gasteiger partial charge in [-0.2, -0.15) is 0 Å². The second-order valence-corrected chi connectivity index (χ2v) is 2.33. The van der Waals surface area contributed by atoms with Gasteiger partial charge in [0.2, 0.25) is 0 Å². The van der Waals surface area contributed by atoms with Crippen LogP contribution < -0.4 is 0 Å². The molecule has 1 heteroatoms. The minimum absolute atomic E-state index is 0.720. The molecule has 0 unspecified atom stereocenters. The topological polar surface area (TPSA) is 9.23 Å². The summed E-state index contributed by atoms with van der Waals surface area (Å²) in [5.41, 5.74) is 1.30. The van der Waals surface area contributed by atoms with Crippen molar-refractivity contribution in [3.63, 3.8) is 0 Å². The first-order valence-electron chi connectivity index (χ1n) is 3.67. The van der Waals surface area contributed by atoms with E-state index in [1.165, 1.54) is 5.57 Å². The summed E-state index contributed by atoms with van der Waals surface area (Å²) in [5, 5.41) is 0. The average Bonchev–Trinajstić information content (AvgIpc) is 2.07. The fourth-order valence-electron chi connectivity index (χ4n) is 0.877. The summed E-state index contributed by atoms with van der Waals surface area (Å²) in [6, 6.07) is 0. The van der Waals surface area contributed by atoms with Crippen molar-refractivity contribution in [3.8, 4) is 0 Å². The van der Waals surface area contributed by atoms with E-state index in [1.54, 1.807) is 12.3 Å². The van der Waals surface area contributed by atoms with E-state index in [0.717, 1.165) is 13.0 Å². The van der Waals surface area contributed by atoms with Crippen LogP contribution in [-0.2, 0) is 4.74 Å². The molecule has 0 saturated heterocycles. The molecule has 0 aliphatic carbocycles. The molecular formula is C10H12O. The summed E-state index contributed by atoms with van der Waals surface area (Å²) in [4.78, 5) is 0. The molecule has 0 aromatic rings. The van der Waals surface area contributed by atoms with E-state index in [-0.39, 0.29) is 0 Å². The lowest BCUT2D eigenvalue weighted by Gasteiger charge is -2.06. The third-order valence-electron chi connectivity index (χ3n) is 1.43. The van der Waals surface area contributed by atoms with Crippen molar-refractivity contribution in [2.45, 2.75) is 6.42 Å². The molecule has 0 aromatic heterocycles. The average molecular weight is 148 g/mol. The van der Waals surface area contributed by atoms with E-state index < -0.39 is 0 Å². The van der Waals surface area contributed by atoms with Gasteiger partial charge < -0.3 is 4.74 Å². The van der Waals surface area contributed by atoms with Gasteiger partial charge in [-0.3, -0.25) is 0 Å². The van der Waals surface area contributed by atoms with Gasteiger partial charge in [-0.05, 0) is 18.1 Å². The predicted octanol–water partition coefficient (Wildman–Crippen LogP) is 2.59. The third-order valence-corrected chi connectivity index (χ3v) is 1.43. The van der Waals surface area contributed by atoms with Crippen molar-refractivity contribution in [2.24, 2.45) is 0 Å². The van der Waals surface area contributed by atoms with Gasteiger partial charge in [-0.15, -0.1) is 0 Å². The van der Waals surface area contributed by atoms with Gasteiger partial charge in [0.05, 0.1) is 6.26 Å². The first-order chi connectivity index (χ1) is 5.43. The Morgan fingerprint density at radius 3 is 3.18 bits per heavy atom. The Bertz CT molecular complexity index is 209. The van der Waals surface area contributed by atoms with Gasteiger partial charge in [-0.25, -0.2) is 0 Å². The summed E-state index contributed by atoms with van der Waals surface area (Å²) in [7, 11) is 0. The molecule has 58 valence electrons. The molecule has 1 heterocycles. The molecule has 1 aliphatic heterocycles. The van der Waals surface area contributed by atoms with Crippen LogP contribution in [0.15, 0.2) is 48.8 Å². The molecular weight excluding hydrogens is 136 g/mol. The minimum atomic E-state index is 0.720. The van der Waals surface area contributed by atoms with Crippen molar-refractivity contribution < 1.29 is 4.74 Å². The van der Waals surface area contributed by atoms with Crippen LogP contribution in [0.3, 0.4) is 0 Å². The van der Waals surface area contributed by atoms with E-state index >= 15 is 0 Å². The van der Waals surface area contributed by atoms with Crippen LogP contribution >= 0.6 is 0 Å². The van der Waals surface area contributed by atoms with Gasteiger partial charge in [0.1, 0.15) is 6.61 Å². The highest BCUT2D eigenvalue weighted by Crippen LogP contribution is 2.07. The van der Waals surface area contributed by atoms with Gasteiger partial charge in [0.15, 0.2) is 0 Å². The van der Waals surface area contributed by atoms with Crippen molar-refractivity contribution in [2.75, 3.05) is 6.61 Å². The van der Waals surface area contributed by atoms with Crippen LogP contribution in [-0.4, -0.2) is 6.61 Å². The second-order valence-electron chi connectivity index (χ2n) is 2.33. The lowest BCUT2D eigenvalue weighted by Crippen LogP contribution is -1.95. The van der Waals surface area contributed by atoms with Crippen LogP contribution in [0.5, 0.6) is 0 Å². The van der Waals surface area contributed by atoms with E-state index in [2.05, 4.69) is 18.7 Å². The normalized spacial score (nSPS) is 16.2. The number of hydrogen-bond donors (Lipinski definition) is 0. The Labute approximate surface area is 67.4 Å². The highest BCUT2D eigenvalue weighted by Gasteiger charge is 1.95. The van der Waals surface area contributed by atoms with E-state index in [9.17, 15) is 0 Å². The molecule has 1 rings (SSSR count). The van der Waals surface area contributed by atoms with E-state index in [1.807, 2.05) is 12.2 Å². The fourth-order valence-corrected chi connectivity index (χ4v) is 0.877. The molecule has 0 amide bonds. The number of rotatable bonds is 3. The van der Waals surface area contributed by atoms with Crippen molar-refractivity contribution in [1.29, 1.82) is 0 Å². The lowest BCUT2D eigenvalue weighted by atomic mass is 10.1. The van der Waals surface area contributed by atoms with Gasteiger partial charge in [-0.1, -0.05) is 30.9 Å². The molecule has 11 heavy (non-hydrogen) atoms. The molecule has 0 saturated carbocycles. The zero-order valence-electron chi connectivity index (χ0n) is 6.49. The van der Waals surface area contributed by atoms with E-state index in [0.29, 0.717) is 0 Å². The second kappa shape index (κ2) is 4.56. The van der Waals surface area contributed by atoms with E-state index in [4.69, 9.17) is 4.74 Å². The standard InChI is InChI=1S/C10H12O/c1-2-3-4-6-10-7-5-8-11-9-10/h2-5,7-8H,1,6,9H2. The van der Waals surface area contributed by atoms with Crippen LogP contribution in [0.25, 0.3) is 0 Å². The van der Waals surface area contributed by atoms with Crippen molar-refractivity contribution in [1.82, 2.24) is 0 Å². The summed E-state index contributed by atoms with van der Waals surface area (Å²) < 4.78 is 5.10. The maximum Gasteiger partial charge on any atom is 0.109 e. The zero-order chi connectivity index (χ0) is 7.94. The maximum absolute atomic E-state index is 5.10. The molecule has 1 nitrogen and oxygen atoms in total. The Balaban J connectivity index is 2.36. The first-order valence-corrected chi connectivity index (χ1v) is 3.67. The Hall–Kier alpha value is -1.24. The molecule has 0 fully saturated rings. The molecule has 0 radical (unpaired) electrons. The molecule has 0 N–H and O–H groups in total. The molecule has 0 spiro atoms. The van der Waals surface area contributed by atoms with Crippen LogP contribution in [0.1, 0.15) is 6.42 Å². The van der Waals surface area contributed by atoms with Crippen LogP contribution in [0.2, 0.25) is 0 Å². The predicted molar refractivity (Wildman–Crippen MR) is 47.1 cm³/mol. The summed E-state index contributed by atoms with van der Waals surface area (Å²) in [5.74, 6) is 0. The van der Waals surface area contributed by atoms with Crippen molar-refractivity contribution >= 4 is 0 Å². The summed E-state index contributed by atoms with van der Waals surface area (Å²) >= 11 is 0. The molecule has 1 aliphatic rings. The number of allylic oxidation sites excluding steroid dienone is 5. The monoisotopic (exact) mass is 148 g/mol. The highest BCUT2D eigenvalue weighted by atomic mass is 16.5. The van der Waals surface area contributed by atoms with Crippen molar-refractivity contribution in [3.05, 3.63) is 48.8 Å². The fraction of sp³-hybridized carbons (Fsp3) is 0.200. The SMILES string of the molecule is C=CC=CCC1=CC=COC1. The Morgan fingerprint density at radius 1 is 1.64 bits per heavy atom. The van der Waals surface area contributed by atoms with Crippen LogP contribution in [0.4, 0.5) is 0 Å². The van der Waals surface area contributed by atoms with Gasteiger partial charge >= 0.3 is 0 Å². The summed E-state index contributed by atoms with van der Waals surface area (Å²) in [6.45, 7) is 4.31. The molecule has 0 bridgehead atoms. The Kier molecular flexibility index (Phi) is 3.26. The number of ether oxygens (including phenoxy) is 1. The smallest absolute Gasteiger partial charge is 0.109 e. The minimum Gasteiger partial charge on any atom is -0.497 e. The zero-order valence-corrected chi connectivity index (χ0v) is 6.49. The first kappa shape index (κ1) is 7.86. The Morgan fingerprint density at radius 2 is 2.55 bits per heavy atom. The maximum atomic E-state index is 5.10. The summed E-state index contributed by atoms with van der Waals surface area (Å²) in [6.07, 6.45) is 12.5. The highest BCUT2D eigenvalue weighted by molar-refractivity contribution is 5.18. The lowest BCUT2D eigenvalue weighted by molar-refractivity contribution is 0.274. The molecule has 0 aromatic carbocycles. The number of hydrogen-bond acceptors (Lipinski definition) is 1. The van der Waals surface area contributed by atoms with Crippen LogP contribution in [0, 0.1) is 0 Å². The largest absolute Gasteiger partial charge is 0.497 e. The van der Waals surface area contributed by atoms with Gasteiger partial charge in [0, 0.05) is 0 Å². The quantitative estimate of drug-likeness (QED) is 0.559. The van der Waals surface area contributed by atoms with Gasteiger partial charge in [0.25, 0.3) is 0 Å². The third kappa shape index (κ3) is 2.89.